The Morgan fingerprint density at radius 1 is 1.15 bits per heavy atom. The van der Waals surface area contributed by atoms with E-state index in [0.29, 0.717) is 5.69 Å². The van der Waals surface area contributed by atoms with Crippen LogP contribution in [-0.4, -0.2) is 24.1 Å². The number of hydrogen-bond donors (Lipinski definition) is 2. The maximum atomic E-state index is 13.1. The van der Waals surface area contributed by atoms with E-state index in [0.717, 1.165) is 44.5 Å². The molecule has 2 aromatic rings. The van der Waals surface area contributed by atoms with Crippen LogP contribution in [0, 0.1) is 0 Å². The third kappa shape index (κ3) is 4.79. The molecule has 0 radical (unpaired) electrons. The number of piperidine rings is 1. The fraction of sp³-hybridized carbons (Fsp3) is 0.333. The minimum absolute atomic E-state index is 0.0550. The molecule has 0 atom stereocenters. The molecule has 0 unspecified atom stereocenters. The van der Waals surface area contributed by atoms with E-state index in [4.69, 9.17) is 16.6 Å². The van der Waals surface area contributed by atoms with E-state index in [1.807, 2.05) is 4.90 Å². The Kier molecular flexibility index (Phi) is 5.69. The second kappa shape index (κ2) is 7.99. The minimum Gasteiger partial charge on any atom is -0.459 e. The number of carbonyl (C=O) groups is 1. The van der Waals surface area contributed by atoms with E-state index in [1.165, 1.54) is 18.4 Å². The molecular formula is C18H18F3N3O2S. The smallest absolute Gasteiger partial charge is 0.416 e. The van der Waals surface area contributed by atoms with Crippen LogP contribution >= 0.6 is 12.2 Å². The Hall–Kier alpha value is -2.55. The summed E-state index contributed by atoms with van der Waals surface area (Å²) in [4.78, 5) is 14.0. The number of furan rings is 1. The normalized spacial score (nSPS) is 14.7. The van der Waals surface area contributed by atoms with Gasteiger partial charge in [-0.2, -0.15) is 13.2 Å². The molecule has 144 valence electrons. The quantitative estimate of drug-likeness (QED) is 0.751. The van der Waals surface area contributed by atoms with Gasteiger partial charge in [0.1, 0.15) is 0 Å². The molecule has 1 saturated heterocycles. The topological polar surface area (TPSA) is 57.5 Å². The zero-order chi connectivity index (χ0) is 19.4. The van der Waals surface area contributed by atoms with Gasteiger partial charge in [-0.15, -0.1) is 0 Å². The van der Waals surface area contributed by atoms with Crippen LogP contribution in [-0.2, 0) is 6.18 Å². The fourth-order valence-electron chi connectivity index (χ4n) is 2.95. The van der Waals surface area contributed by atoms with Gasteiger partial charge in [-0.1, -0.05) is 0 Å². The third-order valence-corrected chi connectivity index (χ3v) is 4.44. The molecule has 1 aromatic carbocycles. The average Bonchev–Trinajstić information content (AvgIpc) is 3.16. The molecule has 2 N–H and O–H groups in total. The first kappa shape index (κ1) is 19.2. The minimum atomic E-state index is -4.48. The maximum Gasteiger partial charge on any atom is 0.416 e. The lowest BCUT2D eigenvalue weighted by molar-refractivity contribution is -0.137. The highest BCUT2D eigenvalue weighted by Gasteiger charge is 2.31. The van der Waals surface area contributed by atoms with Crippen molar-refractivity contribution in [3.63, 3.8) is 0 Å². The zero-order valence-corrected chi connectivity index (χ0v) is 15.1. The van der Waals surface area contributed by atoms with E-state index in [-0.39, 0.29) is 16.6 Å². The maximum absolute atomic E-state index is 13.1. The van der Waals surface area contributed by atoms with Gasteiger partial charge in [-0.05, 0) is 61.8 Å². The molecule has 9 heteroatoms. The van der Waals surface area contributed by atoms with Gasteiger partial charge in [0, 0.05) is 13.1 Å². The zero-order valence-electron chi connectivity index (χ0n) is 14.3. The largest absolute Gasteiger partial charge is 0.459 e. The highest BCUT2D eigenvalue weighted by Crippen LogP contribution is 2.36. The lowest BCUT2D eigenvalue weighted by Gasteiger charge is -2.31. The van der Waals surface area contributed by atoms with E-state index in [2.05, 4.69) is 10.6 Å². The Labute approximate surface area is 159 Å². The van der Waals surface area contributed by atoms with Gasteiger partial charge in [0.15, 0.2) is 10.9 Å². The molecule has 1 aliphatic rings. The molecule has 5 nitrogen and oxygen atoms in total. The van der Waals surface area contributed by atoms with Crippen molar-refractivity contribution in [2.45, 2.75) is 25.4 Å². The number of halogens is 3. The van der Waals surface area contributed by atoms with Gasteiger partial charge in [-0.3, -0.25) is 10.1 Å². The lowest BCUT2D eigenvalue weighted by atomic mass is 10.1. The number of anilines is 2. The van der Waals surface area contributed by atoms with Gasteiger partial charge in [0.05, 0.1) is 23.2 Å². The summed E-state index contributed by atoms with van der Waals surface area (Å²) in [6.07, 6.45) is -0.0969. The summed E-state index contributed by atoms with van der Waals surface area (Å²) in [6.45, 7) is 1.51. The highest BCUT2D eigenvalue weighted by molar-refractivity contribution is 7.80. The summed E-state index contributed by atoms with van der Waals surface area (Å²) >= 11 is 5.10. The molecule has 1 aromatic heterocycles. The van der Waals surface area contributed by atoms with Crippen molar-refractivity contribution in [2.75, 3.05) is 23.3 Å². The van der Waals surface area contributed by atoms with Crippen molar-refractivity contribution in [3.05, 3.63) is 47.9 Å². The van der Waals surface area contributed by atoms with Gasteiger partial charge >= 0.3 is 6.18 Å². The monoisotopic (exact) mass is 397 g/mol. The number of thiocarbonyl (C=S) groups is 1. The molecule has 0 bridgehead atoms. The number of alkyl halides is 3. The first-order valence-corrected chi connectivity index (χ1v) is 8.87. The Morgan fingerprint density at radius 2 is 1.89 bits per heavy atom. The van der Waals surface area contributed by atoms with Crippen LogP contribution in [0.15, 0.2) is 41.0 Å². The van der Waals surface area contributed by atoms with E-state index < -0.39 is 17.6 Å². The fourth-order valence-corrected chi connectivity index (χ4v) is 3.15. The van der Waals surface area contributed by atoms with Crippen LogP contribution in [0.1, 0.15) is 35.4 Å². The molecule has 0 aliphatic carbocycles. The predicted molar refractivity (Wildman–Crippen MR) is 99.9 cm³/mol. The van der Waals surface area contributed by atoms with Crippen LogP contribution in [0.2, 0.25) is 0 Å². The lowest BCUT2D eigenvalue weighted by Crippen LogP contribution is -2.35. The van der Waals surface area contributed by atoms with Crippen LogP contribution in [0.25, 0.3) is 0 Å². The molecule has 1 fully saturated rings. The number of amides is 1. The van der Waals surface area contributed by atoms with Gasteiger partial charge in [-0.25, -0.2) is 0 Å². The first-order valence-electron chi connectivity index (χ1n) is 8.46. The molecule has 2 heterocycles. The number of rotatable bonds is 3. The summed E-state index contributed by atoms with van der Waals surface area (Å²) in [7, 11) is 0. The second-order valence-corrected chi connectivity index (χ2v) is 6.57. The third-order valence-electron chi connectivity index (χ3n) is 4.24. The molecule has 1 amide bonds. The molecule has 3 rings (SSSR count). The standard InChI is InChI=1S/C18H18F3N3O2S/c19-18(20,21)12-6-7-14(24-8-2-1-3-9-24)13(11-12)22-17(27)23-16(25)15-5-4-10-26-15/h4-7,10-11H,1-3,8-9H2,(H2,22,23,25,27). The SMILES string of the molecule is O=C(NC(=S)Nc1cc(C(F)(F)F)ccc1N1CCCCC1)c1ccco1. The van der Waals surface area contributed by atoms with Crippen LogP contribution in [0.3, 0.4) is 0 Å². The van der Waals surface area contributed by atoms with Crippen molar-refractivity contribution in [2.24, 2.45) is 0 Å². The Bertz CT molecular complexity index is 816. The summed E-state index contributed by atoms with van der Waals surface area (Å²) < 4.78 is 44.3. The summed E-state index contributed by atoms with van der Waals surface area (Å²) in [5.74, 6) is -0.525. The molecular weight excluding hydrogens is 379 g/mol. The van der Waals surface area contributed by atoms with Crippen molar-refractivity contribution >= 4 is 34.6 Å². The Balaban J connectivity index is 1.82. The molecule has 27 heavy (non-hydrogen) atoms. The van der Waals surface area contributed by atoms with Crippen molar-refractivity contribution in [1.29, 1.82) is 0 Å². The Morgan fingerprint density at radius 3 is 2.52 bits per heavy atom. The predicted octanol–water partition coefficient (Wildman–Crippen LogP) is 4.42. The van der Waals surface area contributed by atoms with E-state index in [1.54, 1.807) is 6.07 Å². The molecule has 0 saturated carbocycles. The number of benzene rings is 1. The summed E-state index contributed by atoms with van der Waals surface area (Å²) in [5.41, 5.74) is 0.0414. The van der Waals surface area contributed by atoms with Crippen molar-refractivity contribution in [3.8, 4) is 0 Å². The van der Waals surface area contributed by atoms with Crippen molar-refractivity contribution in [1.82, 2.24) is 5.32 Å². The van der Waals surface area contributed by atoms with Crippen molar-refractivity contribution < 1.29 is 22.4 Å². The summed E-state index contributed by atoms with van der Waals surface area (Å²) in [6, 6.07) is 6.51. The first-order chi connectivity index (χ1) is 12.8. The van der Waals surface area contributed by atoms with Crippen LogP contribution in [0.4, 0.5) is 24.5 Å². The second-order valence-electron chi connectivity index (χ2n) is 6.16. The molecule has 0 spiro atoms. The van der Waals surface area contributed by atoms with Gasteiger partial charge in [0.25, 0.3) is 5.91 Å². The van der Waals surface area contributed by atoms with E-state index in [9.17, 15) is 18.0 Å². The van der Waals surface area contributed by atoms with E-state index >= 15 is 0 Å². The number of nitrogens with one attached hydrogen (secondary N) is 2. The van der Waals surface area contributed by atoms with Gasteiger partial charge in [0.2, 0.25) is 0 Å². The average molecular weight is 397 g/mol. The number of nitrogens with zero attached hydrogens (tertiary/aromatic N) is 1. The highest BCUT2D eigenvalue weighted by atomic mass is 32.1. The van der Waals surface area contributed by atoms with Gasteiger partial charge < -0.3 is 14.6 Å². The van der Waals surface area contributed by atoms with Crippen LogP contribution < -0.4 is 15.5 Å². The summed E-state index contributed by atoms with van der Waals surface area (Å²) in [5, 5.41) is 5.03. The number of hydrogen-bond acceptors (Lipinski definition) is 4. The number of carbonyl (C=O) groups excluding carboxylic acids is 1. The molecule has 1 aliphatic heterocycles. The van der Waals surface area contributed by atoms with Crippen LogP contribution in [0.5, 0.6) is 0 Å².